The Balaban J connectivity index is 1.59. The Bertz CT molecular complexity index is 920. The van der Waals surface area contributed by atoms with Gasteiger partial charge in [-0.1, -0.05) is 6.07 Å². The Kier molecular flexibility index (Phi) is 5.47. The van der Waals surface area contributed by atoms with E-state index in [0.29, 0.717) is 17.2 Å². The number of phenols is 1. The van der Waals surface area contributed by atoms with Gasteiger partial charge in [0.05, 0.1) is 12.2 Å². The average molecular weight is 416 g/mol. The minimum absolute atomic E-state index is 0.0977. The van der Waals surface area contributed by atoms with Crippen molar-refractivity contribution in [3.63, 3.8) is 0 Å². The molecule has 0 radical (unpaired) electrons. The van der Waals surface area contributed by atoms with Gasteiger partial charge in [0.15, 0.2) is 0 Å². The molecule has 1 amide bonds. The third-order valence-electron chi connectivity index (χ3n) is 5.82. The van der Waals surface area contributed by atoms with Crippen molar-refractivity contribution in [3.8, 4) is 5.75 Å². The highest BCUT2D eigenvalue weighted by Gasteiger charge is 2.37. The van der Waals surface area contributed by atoms with Crippen LogP contribution in [-0.4, -0.2) is 52.9 Å². The summed E-state index contributed by atoms with van der Waals surface area (Å²) in [6, 6.07) is 8.26. The molecule has 2 bridgehead atoms. The van der Waals surface area contributed by atoms with Gasteiger partial charge in [-0.3, -0.25) is 9.80 Å². The van der Waals surface area contributed by atoms with E-state index in [1.807, 2.05) is 0 Å². The SMILES string of the molecule is Cc1c(O)cccc1N(Cc1ccc(C(=O)O)s1)C(=O)O[C@H]1CN2CCC1CC2. The number of fused-ring (bicyclic) bond motifs is 3. The van der Waals surface area contributed by atoms with Gasteiger partial charge in [0.2, 0.25) is 0 Å². The second-order valence-corrected chi connectivity index (χ2v) is 8.81. The van der Waals surface area contributed by atoms with Crippen LogP contribution >= 0.6 is 11.3 Å². The number of thiophene rings is 1. The van der Waals surface area contributed by atoms with Gasteiger partial charge in [-0.25, -0.2) is 9.59 Å². The van der Waals surface area contributed by atoms with Gasteiger partial charge in [-0.2, -0.15) is 0 Å². The molecule has 3 fully saturated rings. The van der Waals surface area contributed by atoms with Crippen molar-refractivity contribution < 1.29 is 24.5 Å². The number of aromatic hydroxyl groups is 1. The van der Waals surface area contributed by atoms with Gasteiger partial charge in [-0.15, -0.1) is 11.3 Å². The number of aromatic carboxylic acids is 1. The van der Waals surface area contributed by atoms with E-state index >= 15 is 0 Å². The first kappa shape index (κ1) is 19.7. The largest absolute Gasteiger partial charge is 0.508 e. The van der Waals surface area contributed by atoms with Crippen LogP contribution in [0.25, 0.3) is 0 Å². The molecular formula is C21H24N2O5S. The monoisotopic (exact) mass is 416 g/mol. The maximum atomic E-state index is 13.2. The molecule has 1 aromatic heterocycles. The molecule has 3 saturated heterocycles. The van der Waals surface area contributed by atoms with Crippen molar-refractivity contribution in [3.05, 3.63) is 45.6 Å². The number of carbonyl (C=O) groups is 2. The van der Waals surface area contributed by atoms with Crippen LogP contribution in [0.3, 0.4) is 0 Å². The van der Waals surface area contributed by atoms with Crippen molar-refractivity contribution in [1.29, 1.82) is 0 Å². The highest BCUT2D eigenvalue weighted by Crippen LogP contribution is 2.33. The molecule has 154 valence electrons. The molecule has 5 rings (SSSR count). The molecule has 4 heterocycles. The number of anilines is 1. The number of carboxylic acids is 1. The standard InChI is InChI=1S/C21H24N2O5S/c1-13-16(3-2-4-17(13)24)23(11-15-5-6-19(29-15)20(25)26)21(27)28-18-12-22-9-7-14(18)8-10-22/h2-6,14,18,24H,7-12H2,1H3,(H,25,26)/t18-/m0/s1. The van der Waals surface area contributed by atoms with E-state index in [0.717, 1.165) is 48.7 Å². The molecule has 2 aromatic rings. The molecule has 8 heteroatoms. The highest BCUT2D eigenvalue weighted by atomic mass is 32.1. The molecule has 1 aromatic carbocycles. The summed E-state index contributed by atoms with van der Waals surface area (Å²) in [5.41, 5.74) is 1.13. The van der Waals surface area contributed by atoms with E-state index in [4.69, 9.17) is 4.74 Å². The van der Waals surface area contributed by atoms with Gasteiger partial charge in [0.1, 0.15) is 16.7 Å². The second-order valence-electron chi connectivity index (χ2n) is 7.64. The molecule has 2 N–H and O–H groups in total. The van der Waals surface area contributed by atoms with E-state index in [1.54, 1.807) is 31.2 Å². The minimum atomic E-state index is -0.990. The van der Waals surface area contributed by atoms with Crippen molar-refractivity contribution in [1.82, 2.24) is 4.90 Å². The Hall–Kier alpha value is -2.58. The van der Waals surface area contributed by atoms with Gasteiger partial charge in [0, 0.05) is 17.0 Å². The molecule has 1 atom stereocenters. The second kappa shape index (κ2) is 8.04. The van der Waals surface area contributed by atoms with Gasteiger partial charge in [0.25, 0.3) is 0 Å². The van der Waals surface area contributed by atoms with Gasteiger partial charge in [-0.05, 0) is 63.0 Å². The van der Waals surface area contributed by atoms with E-state index in [-0.39, 0.29) is 23.3 Å². The van der Waals surface area contributed by atoms with Crippen molar-refractivity contribution in [2.45, 2.75) is 32.4 Å². The summed E-state index contributed by atoms with van der Waals surface area (Å²) < 4.78 is 5.92. The zero-order chi connectivity index (χ0) is 20.5. The number of nitrogens with zero attached hydrogens (tertiary/aromatic N) is 2. The number of amides is 1. The number of rotatable bonds is 5. The number of carbonyl (C=O) groups excluding carboxylic acids is 1. The average Bonchev–Trinajstić information content (AvgIpc) is 3.18. The summed E-state index contributed by atoms with van der Waals surface area (Å²) in [6.45, 7) is 4.80. The molecule has 29 heavy (non-hydrogen) atoms. The number of benzene rings is 1. The zero-order valence-electron chi connectivity index (χ0n) is 16.2. The van der Waals surface area contributed by atoms with E-state index < -0.39 is 12.1 Å². The summed E-state index contributed by atoms with van der Waals surface area (Å²) >= 11 is 1.13. The normalized spacial score (nSPS) is 23.0. The Morgan fingerprint density at radius 2 is 2.00 bits per heavy atom. The summed E-state index contributed by atoms with van der Waals surface area (Å²) in [5, 5.41) is 19.3. The van der Waals surface area contributed by atoms with Crippen molar-refractivity contribution >= 4 is 29.1 Å². The van der Waals surface area contributed by atoms with Crippen molar-refractivity contribution in [2.24, 2.45) is 5.92 Å². The molecule has 7 nitrogen and oxygen atoms in total. The number of hydrogen-bond donors (Lipinski definition) is 2. The Morgan fingerprint density at radius 1 is 1.24 bits per heavy atom. The molecule has 0 unspecified atom stereocenters. The number of phenolic OH excluding ortho intramolecular Hbond substituents is 1. The van der Waals surface area contributed by atoms with Crippen LogP contribution in [0.2, 0.25) is 0 Å². The van der Waals surface area contributed by atoms with Crippen LogP contribution in [0, 0.1) is 12.8 Å². The molecular weight excluding hydrogens is 392 g/mol. The first-order chi connectivity index (χ1) is 13.9. The highest BCUT2D eigenvalue weighted by molar-refractivity contribution is 7.13. The van der Waals surface area contributed by atoms with Gasteiger partial charge >= 0.3 is 12.1 Å². The fourth-order valence-corrected chi connectivity index (χ4v) is 4.96. The lowest BCUT2D eigenvalue weighted by molar-refractivity contribution is -0.0311. The fourth-order valence-electron chi connectivity index (χ4n) is 4.12. The van der Waals surface area contributed by atoms with Crippen LogP contribution in [0.15, 0.2) is 30.3 Å². The van der Waals surface area contributed by atoms with E-state index in [1.165, 1.54) is 11.0 Å². The smallest absolute Gasteiger partial charge is 0.414 e. The predicted molar refractivity (Wildman–Crippen MR) is 110 cm³/mol. The van der Waals surface area contributed by atoms with Crippen LogP contribution in [0.1, 0.15) is 33.0 Å². The van der Waals surface area contributed by atoms with E-state index in [2.05, 4.69) is 4.90 Å². The van der Waals surface area contributed by atoms with Crippen LogP contribution in [0.4, 0.5) is 10.5 Å². The first-order valence-corrected chi connectivity index (χ1v) is 10.5. The van der Waals surface area contributed by atoms with Crippen LogP contribution in [0.5, 0.6) is 5.75 Å². The fraction of sp³-hybridized carbons (Fsp3) is 0.429. The lowest BCUT2D eigenvalue weighted by Gasteiger charge is -2.44. The minimum Gasteiger partial charge on any atom is -0.508 e. The summed E-state index contributed by atoms with van der Waals surface area (Å²) in [7, 11) is 0. The zero-order valence-corrected chi connectivity index (χ0v) is 17.0. The maximum Gasteiger partial charge on any atom is 0.414 e. The first-order valence-electron chi connectivity index (χ1n) is 9.73. The number of piperidine rings is 3. The van der Waals surface area contributed by atoms with Crippen LogP contribution in [-0.2, 0) is 11.3 Å². The molecule has 3 aliphatic heterocycles. The van der Waals surface area contributed by atoms with Crippen molar-refractivity contribution in [2.75, 3.05) is 24.5 Å². The topological polar surface area (TPSA) is 90.3 Å². The third-order valence-corrected chi connectivity index (χ3v) is 6.88. The lowest BCUT2D eigenvalue weighted by atomic mass is 9.86. The number of carboxylic acid groups (broad SMARTS) is 1. The third kappa shape index (κ3) is 4.09. The Morgan fingerprint density at radius 3 is 2.62 bits per heavy atom. The summed E-state index contributed by atoms with van der Waals surface area (Å²) in [6.07, 6.45) is 1.47. The maximum absolute atomic E-state index is 13.2. The quantitative estimate of drug-likeness (QED) is 0.773. The van der Waals surface area contributed by atoms with Crippen LogP contribution < -0.4 is 4.90 Å². The predicted octanol–water partition coefficient (Wildman–Crippen LogP) is 3.70. The summed E-state index contributed by atoms with van der Waals surface area (Å²) in [4.78, 5) is 29.2. The van der Waals surface area contributed by atoms with E-state index in [9.17, 15) is 19.8 Å². The molecule has 3 aliphatic rings. The number of hydrogen-bond acceptors (Lipinski definition) is 6. The number of ether oxygens (including phenoxy) is 1. The van der Waals surface area contributed by atoms with Gasteiger partial charge < -0.3 is 14.9 Å². The molecule has 0 saturated carbocycles. The Labute approximate surface area is 173 Å². The summed E-state index contributed by atoms with van der Waals surface area (Å²) in [5.74, 6) is -0.506. The molecule has 0 aliphatic carbocycles. The lowest BCUT2D eigenvalue weighted by Crippen LogP contribution is -2.53. The molecule has 0 spiro atoms.